The van der Waals surface area contributed by atoms with Crippen LogP contribution in [0.2, 0.25) is 0 Å². The second-order valence-electron chi connectivity index (χ2n) is 8.34. The molecule has 0 bridgehead atoms. The summed E-state index contributed by atoms with van der Waals surface area (Å²) in [4.78, 5) is 39.6. The van der Waals surface area contributed by atoms with Gasteiger partial charge < -0.3 is 29.6 Å². The fraction of sp³-hybridized carbons (Fsp3) is 0.148. The van der Waals surface area contributed by atoms with Crippen molar-refractivity contribution in [2.24, 2.45) is 5.10 Å². The molecule has 1 heterocycles. The van der Waals surface area contributed by atoms with Gasteiger partial charge in [-0.25, -0.2) is 5.43 Å². The van der Waals surface area contributed by atoms with Crippen LogP contribution in [-0.2, 0) is 6.54 Å². The third kappa shape index (κ3) is 6.81. The minimum absolute atomic E-state index is 0.158. The minimum Gasteiger partial charge on any atom is -0.496 e. The van der Waals surface area contributed by atoms with Gasteiger partial charge in [0.1, 0.15) is 5.75 Å². The number of carbonyl (C=O) groups is 2. The molecule has 0 aliphatic rings. The third-order valence-electron chi connectivity index (χ3n) is 5.77. The summed E-state index contributed by atoms with van der Waals surface area (Å²) in [7, 11) is 4.46. The number of hydrazone groups is 1. The highest BCUT2D eigenvalue weighted by Gasteiger charge is 2.17. The van der Waals surface area contributed by atoms with E-state index in [1.165, 1.54) is 44.6 Å². The Balaban J connectivity index is 1.46. The fourth-order valence-corrected chi connectivity index (χ4v) is 3.81. The standard InChI is InChI=1S/C27H25N7O7/c1-39-22-10-8-17(12-19(22)15-33-16-28-27(32-33)34(37)38)14-29-31-26(36)20-6-4-5-7-21(20)30-25(35)18-9-11-23(40-2)24(13-18)41-3/h4-14,16H,15H2,1-3H3,(H,30,35)(H,31,36)/b29-14-. The van der Waals surface area contributed by atoms with E-state index >= 15 is 0 Å². The molecule has 4 aromatic rings. The minimum atomic E-state index is -0.681. The molecular weight excluding hydrogens is 534 g/mol. The first kappa shape index (κ1) is 28.2. The molecule has 0 radical (unpaired) electrons. The normalized spacial score (nSPS) is 10.7. The summed E-state index contributed by atoms with van der Waals surface area (Å²) in [5.41, 5.74) is 4.52. The zero-order chi connectivity index (χ0) is 29.4. The number of methoxy groups -OCH3 is 3. The maximum atomic E-state index is 12.9. The Hall–Kier alpha value is -5.79. The van der Waals surface area contributed by atoms with Crippen molar-refractivity contribution in [1.82, 2.24) is 20.2 Å². The zero-order valence-corrected chi connectivity index (χ0v) is 22.2. The first-order chi connectivity index (χ1) is 19.8. The van der Waals surface area contributed by atoms with Crippen molar-refractivity contribution in [3.63, 3.8) is 0 Å². The number of benzene rings is 3. The van der Waals surface area contributed by atoms with Crippen LogP contribution in [0.5, 0.6) is 17.2 Å². The van der Waals surface area contributed by atoms with Crippen LogP contribution in [-0.4, -0.2) is 59.0 Å². The summed E-state index contributed by atoms with van der Waals surface area (Å²) in [6.07, 6.45) is 2.68. The second-order valence-corrected chi connectivity index (χ2v) is 8.34. The molecular formula is C27H25N7O7. The Morgan fingerprint density at radius 2 is 1.71 bits per heavy atom. The molecule has 0 saturated carbocycles. The fourth-order valence-electron chi connectivity index (χ4n) is 3.81. The number of nitrogens with zero attached hydrogens (tertiary/aromatic N) is 5. The van der Waals surface area contributed by atoms with Crippen molar-refractivity contribution in [3.8, 4) is 17.2 Å². The Morgan fingerprint density at radius 3 is 2.41 bits per heavy atom. The molecule has 0 fully saturated rings. The average Bonchev–Trinajstić information content (AvgIpc) is 3.46. The number of nitrogens with one attached hydrogen (secondary N) is 2. The summed E-state index contributed by atoms with van der Waals surface area (Å²) in [5, 5.41) is 21.5. The predicted molar refractivity (Wildman–Crippen MR) is 148 cm³/mol. The lowest BCUT2D eigenvalue weighted by molar-refractivity contribution is -0.394. The van der Waals surface area contributed by atoms with Gasteiger partial charge in [0.2, 0.25) is 6.33 Å². The van der Waals surface area contributed by atoms with Crippen LogP contribution in [0.1, 0.15) is 31.8 Å². The molecule has 14 nitrogen and oxygen atoms in total. The Morgan fingerprint density at radius 1 is 0.976 bits per heavy atom. The number of rotatable bonds is 11. The number of hydrogen-bond donors (Lipinski definition) is 2. The van der Waals surface area contributed by atoms with Crippen molar-refractivity contribution >= 4 is 29.7 Å². The molecule has 0 aliphatic carbocycles. The van der Waals surface area contributed by atoms with Gasteiger partial charge >= 0.3 is 5.95 Å². The summed E-state index contributed by atoms with van der Waals surface area (Å²) >= 11 is 0. The van der Waals surface area contributed by atoms with Gasteiger partial charge in [0.25, 0.3) is 11.8 Å². The van der Waals surface area contributed by atoms with Gasteiger partial charge in [0, 0.05) is 16.2 Å². The summed E-state index contributed by atoms with van der Waals surface area (Å²) in [5.74, 6) is -0.0998. The quantitative estimate of drug-likeness (QED) is 0.159. The van der Waals surface area contributed by atoms with Crippen molar-refractivity contribution in [2.45, 2.75) is 6.54 Å². The molecule has 14 heteroatoms. The van der Waals surface area contributed by atoms with Crippen LogP contribution in [0.15, 0.2) is 72.1 Å². The van der Waals surface area contributed by atoms with Gasteiger partial charge in [0.15, 0.2) is 11.5 Å². The maximum absolute atomic E-state index is 12.9. The molecule has 0 atom stereocenters. The van der Waals surface area contributed by atoms with Gasteiger partial charge in [-0.05, 0) is 59.0 Å². The van der Waals surface area contributed by atoms with Gasteiger partial charge in [-0.1, -0.05) is 17.1 Å². The van der Waals surface area contributed by atoms with E-state index < -0.39 is 22.7 Å². The van der Waals surface area contributed by atoms with Crippen LogP contribution >= 0.6 is 0 Å². The molecule has 0 aliphatic heterocycles. The lowest BCUT2D eigenvalue weighted by atomic mass is 10.1. The van der Waals surface area contributed by atoms with Crippen molar-refractivity contribution < 1.29 is 28.7 Å². The van der Waals surface area contributed by atoms with Crippen molar-refractivity contribution in [1.29, 1.82) is 0 Å². The lowest BCUT2D eigenvalue weighted by Crippen LogP contribution is -2.21. The van der Waals surface area contributed by atoms with Crippen LogP contribution in [0.4, 0.5) is 11.6 Å². The molecule has 0 saturated heterocycles. The molecule has 0 spiro atoms. The van der Waals surface area contributed by atoms with E-state index in [0.717, 1.165) is 0 Å². The van der Waals surface area contributed by atoms with Gasteiger partial charge in [-0.15, -0.1) is 0 Å². The highest BCUT2D eigenvalue weighted by Crippen LogP contribution is 2.28. The van der Waals surface area contributed by atoms with Crippen LogP contribution in [0, 0.1) is 10.1 Å². The number of nitro groups is 1. The van der Waals surface area contributed by atoms with E-state index in [0.29, 0.717) is 33.9 Å². The van der Waals surface area contributed by atoms with Crippen molar-refractivity contribution in [2.75, 3.05) is 26.6 Å². The van der Waals surface area contributed by atoms with E-state index in [1.807, 2.05) is 0 Å². The number of anilines is 1. The maximum Gasteiger partial charge on any atom is 0.490 e. The predicted octanol–water partition coefficient (Wildman–Crippen LogP) is 3.28. The van der Waals surface area contributed by atoms with E-state index in [2.05, 4.69) is 25.9 Å². The Kier molecular flexibility index (Phi) is 8.84. The smallest absolute Gasteiger partial charge is 0.490 e. The first-order valence-corrected chi connectivity index (χ1v) is 12.0. The SMILES string of the molecule is COc1ccc(/C=N\NC(=O)c2ccccc2NC(=O)c2ccc(OC)c(OC)c2)cc1Cn1cnc([N+](=O)[O-])n1. The van der Waals surface area contributed by atoms with E-state index in [4.69, 9.17) is 14.2 Å². The summed E-state index contributed by atoms with van der Waals surface area (Å²) < 4.78 is 17.1. The molecule has 1 aromatic heterocycles. The zero-order valence-electron chi connectivity index (χ0n) is 22.2. The molecule has 2 amide bonds. The number of amides is 2. The molecule has 210 valence electrons. The number of para-hydroxylation sites is 1. The van der Waals surface area contributed by atoms with Gasteiger partial charge in [-0.3, -0.25) is 9.59 Å². The number of carbonyl (C=O) groups excluding carboxylic acids is 2. The summed E-state index contributed by atoms with van der Waals surface area (Å²) in [6.45, 7) is 0.158. The van der Waals surface area contributed by atoms with Gasteiger partial charge in [0.05, 0.1) is 45.3 Å². The monoisotopic (exact) mass is 559 g/mol. The van der Waals surface area contributed by atoms with Crippen LogP contribution in [0.3, 0.4) is 0 Å². The van der Waals surface area contributed by atoms with Crippen LogP contribution in [0.25, 0.3) is 0 Å². The van der Waals surface area contributed by atoms with E-state index in [-0.39, 0.29) is 17.8 Å². The Bertz CT molecular complexity index is 1620. The lowest BCUT2D eigenvalue weighted by Gasteiger charge is -2.12. The molecule has 41 heavy (non-hydrogen) atoms. The third-order valence-corrected chi connectivity index (χ3v) is 5.77. The van der Waals surface area contributed by atoms with Crippen molar-refractivity contribution in [3.05, 3.63) is 99.4 Å². The molecule has 4 rings (SSSR count). The van der Waals surface area contributed by atoms with Crippen LogP contribution < -0.4 is 25.0 Å². The Labute approximate surface area is 233 Å². The highest BCUT2D eigenvalue weighted by atomic mass is 16.6. The molecule has 0 unspecified atom stereocenters. The van der Waals surface area contributed by atoms with E-state index in [1.54, 1.807) is 54.6 Å². The largest absolute Gasteiger partial charge is 0.496 e. The molecule has 2 N–H and O–H groups in total. The average molecular weight is 560 g/mol. The highest BCUT2D eigenvalue weighted by molar-refractivity contribution is 6.09. The first-order valence-electron chi connectivity index (χ1n) is 12.0. The number of ether oxygens (including phenoxy) is 3. The van der Waals surface area contributed by atoms with Gasteiger partial charge in [-0.2, -0.15) is 9.78 Å². The molecule has 3 aromatic carbocycles. The van der Waals surface area contributed by atoms with E-state index in [9.17, 15) is 19.7 Å². The number of aromatic nitrogens is 3. The summed E-state index contributed by atoms with van der Waals surface area (Å²) in [6, 6.07) is 16.4. The second kappa shape index (κ2) is 12.8. The topological polar surface area (TPSA) is 172 Å². The number of hydrogen-bond acceptors (Lipinski definition) is 10.